The SMILES string of the molecule is CCOC(=O)c1cc2n(n1)C[C@](C)(C(=O)NCc1ccccc1OC)N(c1ccc3c(c1)OCO3)C2=O. The van der Waals surface area contributed by atoms with E-state index >= 15 is 0 Å². The summed E-state index contributed by atoms with van der Waals surface area (Å²) in [7, 11) is 1.56. The van der Waals surface area contributed by atoms with Crippen molar-refractivity contribution in [3.8, 4) is 17.2 Å². The first-order valence-electron chi connectivity index (χ1n) is 11.7. The molecule has 1 N–H and O–H groups in total. The Morgan fingerprint density at radius 3 is 2.70 bits per heavy atom. The number of para-hydroxylation sites is 1. The first-order chi connectivity index (χ1) is 17.9. The molecule has 0 bridgehead atoms. The Balaban J connectivity index is 1.53. The van der Waals surface area contributed by atoms with E-state index in [0.717, 1.165) is 5.56 Å². The van der Waals surface area contributed by atoms with Gasteiger partial charge in [-0.3, -0.25) is 19.2 Å². The van der Waals surface area contributed by atoms with Crippen molar-refractivity contribution in [2.24, 2.45) is 0 Å². The number of aromatic nitrogens is 2. The van der Waals surface area contributed by atoms with Gasteiger partial charge in [-0.15, -0.1) is 0 Å². The van der Waals surface area contributed by atoms with Crippen LogP contribution >= 0.6 is 0 Å². The first kappa shape index (κ1) is 24.2. The van der Waals surface area contributed by atoms with Crippen molar-refractivity contribution in [3.63, 3.8) is 0 Å². The number of fused-ring (bicyclic) bond motifs is 2. The van der Waals surface area contributed by atoms with Crippen LogP contribution in [0.15, 0.2) is 48.5 Å². The Bertz CT molecular complexity index is 1380. The number of anilines is 1. The third-order valence-electron chi connectivity index (χ3n) is 6.37. The van der Waals surface area contributed by atoms with Crippen LogP contribution < -0.4 is 24.4 Å². The standard InChI is InChI=1S/C26H26N4O7/c1-4-35-24(32)18-12-19-23(31)30(17-9-10-21-22(11-17)37-15-36-21)26(2,14-29(19)28-18)25(33)27-13-16-7-5-6-8-20(16)34-3/h5-12H,4,13-15H2,1-3H3,(H,27,33)/t26-/m1/s1. The van der Waals surface area contributed by atoms with E-state index in [-0.39, 0.29) is 37.9 Å². The number of rotatable bonds is 7. The highest BCUT2D eigenvalue weighted by Crippen LogP contribution is 2.40. The van der Waals surface area contributed by atoms with E-state index in [4.69, 9.17) is 18.9 Å². The van der Waals surface area contributed by atoms with E-state index in [1.54, 1.807) is 45.2 Å². The average molecular weight is 507 g/mol. The molecular weight excluding hydrogens is 480 g/mol. The number of esters is 1. The van der Waals surface area contributed by atoms with Gasteiger partial charge in [0.25, 0.3) is 5.91 Å². The molecule has 0 aliphatic carbocycles. The smallest absolute Gasteiger partial charge is 0.358 e. The summed E-state index contributed by atoms with van der Waals surface area (Å²) in [6.07, 6.45) is 0. The molecule has 0 fully saturated rings. The minimum Gasteiger partial charge on any atom is -0.496 e. The van der Waals surface area contributed by atoms with Gasteiger partial charge in [0.15, 0.2) is 17.2 Å². The Morgan fingerprint density at radius 2 is 1.92 bits per heavy atom. The maximum atomic E-state index is 13.8. The van der Waals surface area contributed by atoms with Crippen molar-refractivity contribution in [1.29, 1.82) is 0 Å². The number of methoxy groups -OCH3 is 1. The Labute approximate surface area is 212 Å². The van der Waals surface area contributed by atoms with Gasteiger partial charge in [0.1, 0.15) is 17.0 Å². The first-order valence-corrected chi connectivity index (χ1v) is 11.7. The molecule has 2 aliphatic rings. The van der Waals surface area contributed by atoms with Crippen LogP contribution in [0.5, 0.6) is 17.2 Å². The zero-order valence-electron chi connectivity index (χ0n) is 20.6. The van der Waals surface area contributed by atoms with E-state index in [9.17, 15) is 14.4 Å². The maximum absolute atomic E-state index is 13.8. The number of benzene rings is 2. The number of carbonyl (C=O) groups excluding carboxylic acids is 3. The molecule has 2 amide bonds. The second-order valence-corrected chi connectivity index (χ2v) is 8.74. The minimum atomic E-state index is -1.41. The molecule has 37 heavy (non-hydrogen) atoms. The van der Waals surface area contributed by atoms with Crippen molar-refractivity contribution in [3.05, 3.63) is 65.5 Å². The second-order valence-electron chi connectivity index (χ2n) is 8.74. The third kappa shape index (κ3) is 4.22. The fraction of sp³-hybridized carbons (Fsp3) is 0.308. The fourth-order valence-electron chi connectivity index (χ4n) is 4.53. The molecule has 0 spiro atoms. The summed E-state index contributed by atoms with van der Waals surface area (Å²) in [5.74, 6) is 0.0906. The molecule has 192 valence electrons. The van der Waals surface area contributed by atoms with Crippen molar-refractivity contribution < 1.29 is 33.3 Å². The van der Waals surface area contributed by atoms with Crippen LogP contribution in [0.1, 0.15) is 40.4 Å². The van der Waals surface area contributed by atoms with E-state index in [2.05, 4.69) is 10.4 Å². The fourth-order valence-corrected chi connectivity index (χ4v) is 4.53. The highest BCUT2D eigenvalue weighted by Gasteiger charge is 2.49. The van der Waals surface area contributed by atoms with Gasteiger partial charge in [-0.05, 0) is 32.0 Å². The Kier molecular flexibility index (Phi) is 6.20. The molecule has 5 rings (SSSR count). The zero-order chi connectivity index (χ0) is 26.2. The largest absolute Gasteiger partial charge is 0.496 e. The summed E-state index contributed by atoms with van der Waals surface area (Å²) in [5.41, 5.74) is -0.0276. The van der Waals surface area contributed by atoms with Crippen LogP contribution in [0.3, 0.4) is 0 Å². The van der Waals surface area contributed by atoms with Gasteiger partial charge in [0, 0.05) is 29.9 Å². The van der Waals surface area contributed by atoms with E-state index < -0.39 is 23.3 Å². The van der Waals surface area contributed by atoms with Gasteiger partial charge in [-0.2, -0.15) is 5.10 Å². The maximum Gasteiger partial charge on any atom is 0.358 e. The summed E-state index contributed by atoms with van der Waals surface area (Å²) in [4.78, 5) is 41.3. The predicted molar refractivity (Wildman–Crippen MR) is 131 cm³/mol. The molecule has 11 nitrogen and oxygen atoms in total. The van der Waals surface area contributed by atoms with Gasteiger partial charge in [0.05, 0.1) is 20.3 Å². The molecule has 0 unspecified atom stereocenters. The normalized spacial score (nSPS) is 17.8. The van der Waals surface area contributed by atoms with E-state index in [1.165, 1.54) is 15.6 Å². The molecule has 0 saturated carbocycles. The minimum absolute atomic E-state index is 0.000319. The van der Waals surface area contributed by atoms with Crippen LogP contribution in [-0.4, -0.2) is 53.6 Å². The molecular formula is C26H26N4O7. The van der Waals surface area contributed by atoms with Crippen LogP contribution in [0, 0.1) is 0 Å². The van der Waals surface area contributed by atoms with Crippen LogP contribution in [0.25, 0.3) is 0 Å². The van der Waals surface area contributed by atoms with Gasteiger partial charge in [0.2, 0.25) is 12.7 Å². The summed E-state index contributed by atoms with van der Waals surface area (Å²) in [6.45, 7) is 3.76. The molecule has 2 aliphatic heterocycles. The highest BCUT2D eigenvalue weighted by molar-refractivity contribution is 6.12. The number of ether oxygens (including phenoxy) is 4. The second kappa shape index (κ2) is 9.49. The highest BCUT2D eigenvalue weighted by atomic mass is 16.7. The van der Waals surface area contributed by atoms with Crippen molar-refractivity contribution in [1.82, 2.24) is 15.1 Å². The van der Waals surface area contributed by atoms with E-state index in [0.29, 0.717) is 22.9 Å². The number of nitrogens with one attached hydrogen (secondary N) is 1. The lowest BCUT2D eigenvalue weighted by Gasteiger charge is -2.43. The van der Waals surface area contributed by atoms with Crippen LogP contribution in [-0.2, 0) is 22.6 Å². The zero-order valence-corrected chi connectivity index (χ0v) is 20.6. The number of hydrogen-bond donors (Lipinski definition) is 1. The number of amides is 2. The molecule has 1 aromatic heterocycles. The Morgan fingerprint density at radius 1 is 1.14 bits per heavy atom. The Hall–Kier alpha value is -4.54. The van der Waals surface area contributed by atoms with Crippen LogP contribution in [0.4, 0.5) is 5.69 Å². The molecule has 11 heteroatoms. The quantitative estimate of drug-likeness (QED) is 0.486. The molecule has 2 aromatic carbocycles. The monoisotopic (exact) mass is 506 g/mol. The van der Waals surface area contributed by atoms with Gasteiger partial charge >= 0.3 is 5.97 Å². The molecule has 3 heterocycles. The van der Waals surface area contributed by atoms with Gasteiger partial charge < -0.3 is 24.3 Å². The molecule has 1 atom stereocenters. The average Bonchev–Trinajstić information content (AvgIpc) is 3.54. The number of carbonyl (C=O) groups is 3. The van der Waals surface area contributed by atoms with Gasteiger partial charge in [-0.25, -0.2) is 4.79 Å². The van der Waals surface area contributed by atoms with Crippen molar-refractivity contribution in [2.45, 2.75) is 32.5 Å². The van der Waals surface area contributed by atoms with Gasteiger partial charge in [-0.1, -0.05) is 18.2 Å². The predicted octanol–water partition coefficient (Wildman–Crippen LogP) is 2.53. The summed E-state index contributed by atoms with van der Waals surface area (Å²) in [6, 6.07) is 13.8. The van der Waals surface area contributed by atoms with Crippen LogP contribution in [0.2, 0.25) is 0 Å². The summed E-state index contributed by atoms with van der Waals surface area (Å²) >= 11 is 0. The summed E-state index contributed by atoms with van der Waals surface area (Å²) < 4.78 is 22.7. The number of hydrogen-bond acceptors (Lipinski definition) is 8. The molecule has 0 saturated heterocycles. The van der Waals surface area contributed by atoms with E-state index in [1.807, 2.05) is 18.2 Å². The lowest BCUT2D eigenvalue weighted by Crippen LogP contribution is -2.64. The molecule has 0 radical (unpaired) electrons. The lowest BCUT2D eigenvalue weighted by molar-refractivity contribution is -0.126. The molecule has 3 aromatic rings. The third-order valence-corrected chi connectivity index (χ3v) is 6.37. The lowest BCUT2D eigenvalue weighted by atomic mass is 9.93. The number of nitrogens with zero attached hydrogens (tertiary/aromatic N) is 3. The van der Waals surface area contributed by atoms with Crippen molar-refractivity contribution >= 4 is 23.5 Å². The summed E-state index contributed by atoms with van der Waals surface area (Å²) in [5, 5.41) is 7.21. The topological polar surface area (TPSA) is 121 Å². The van der Waals surface area contributed by atoms with Crippen molar-refractivity contribution in [2.75, 3.05) is 25.4 Å².